The van der Waals surface area contributed by atoms with Crippen LogP contribution in [-0.2, 0) is 16.1 Å². The van der Waals surface area contributed by atoms with Gasteiger partial charge in [0.2, 0.25) is 0 Å². The number of carbonyl (C=O) groups excluding carboxylic acids is 1. The maximum atomic E-state index is 11.9. The number of allylic oxidation sites excluding steroid dienone is 3. The summed E-state index contributed by atoms with van der Waals surface area (Å²) in [5.41, 5.74) is 4.28. The van der Waals surface area contributed by atoms with Crippen LogP contribution in [0.2, 0.25) is 0 Å². The Morgan fingerprint density at radius 3 is 2.52 bits per heavy atom. The first kappa shape index (κ1) is 18.5. The third kappa shape index (κ3) is 4.80. The minimum Gasteiger partial charge on any atom is -0.488 e. The molecule has 0 atom stereocenters. The van der Waals surface area contributed by atoms with Crippen LogP contribution in [0.5, 0.6) is 0 Å². The summed E-state index contributed by atoms with van der Waals surface area (Å²) < 4.78 is 10.7. The van der Waals surface area contributed by atoms with Crippen molar-refractivity contribution < 1.29 is 14.3 Å². The number of hydrogen-bond donors (Lipinski definition) is 0. The molecule has 0 aliphatic carbocycles. The summed E-state index contributed by atoms with van der Waals surface area (Å²) in [6.07, 6.45) is 5.57. The van der Waals surface area contributed by atoms with Crippen molar-refractivity contribution in [2.24, 2.45) is 0 Å². The van der Waals surface area contributed by atoms with E-state index in [2.05, 4.69) is 4.98 Å². The molecule has 0 N–H and O–H groups in total. The van der Waals surface area contributed by atoms with E-state index >= 15 is 0 Å². The predicted molar refractivity (Wildman–Crippen MR) is 99.0 cm³/mol. The lowest BCUT2D eigenvalue weighted by molar-refractivity contribution is 0.0600. The molecule has 0 aliphatic rings. The topological polar surface area (TPSA) is 48.4 Å². The highest BCUT2D eigenvalue weighted by molar-refractivity contribution is 5.95. The van der Waals surface area contributed by atoms with E-state index in [1.165, 1.54) is 7.11 Å². The second-order valence-corrected chi connectivity index (χ2v) is 5.61. The molecular weight excluding hydrogens is 314 g/mol. The normalized spacial score (nSPS) is 12.0. The van der Waals surface area contributed by atoms with Crippen molar-refractivity contribution >= 4 is 11.5 Å². The van der Waals surface area contributed by atoms with E-state index < -0.39 is 0 Å². The van der Waals surface area contributed by atoms with E-state index in [1.54, 1.807) is 12.3 Å². The Bertz CT molecular complexity index is 806. The van der Waals surface area contributed by atoms with Crippen LogP contribution in [0.25, 0.3) is 5.57 Å². The molecule has 0 unspecified atom stereocenters. The number of methoxy groups -OCH3 is 1. The fourth-order valence-corrected chi connectivity index (χ4v) is 2.44. The van der Waals surface area contributed by atoms with Gasteiger partial charge < -0.3 is 9.47 Å². The van der Waals surface area contributed by atoms with Crippen LogP contribution in [0.4, 0.5) is 0 Å². The van der Waals surface area contributed by atoms with Gasteiger partial charge in [-0.25, -0.2) is 4.79 Å². The lowest BCUT2D eigenvalue weighted by Gasteiger charge is -2.11. The zero-order chi connectivity index (χ0) is 18.2. The van der Waals surface area contributed by atoms with Crippen molar-refractivity contribution in [3.8, 4) is 0 Å². The van der Waals surface area contributed by atoms with Gasteiger partial charge in [0.05, 0.1) is 18.4 Å². The van der Waals surface area contributed by atoms with Crippen LogP contribution in [-0.4, -0.2) is 18.1 Å². The van der Waals surface area contributed by atoms with Crippen molar-refractivity contribution in [1.29, 1.82) is 0 Å². The third-order valence-corrected chi connectivity index (χ3v) is 3.89. The van der Waals surface area contributed by atoms with Gasteiger partial charge in [-0.15, -0.1) is 0 Å². The number of nitrogens with zero attached hydrogens (tertiary/aromatic N) is 1. The summed E-state index contributed by atoms with van der Waals surface area (Å²) in [5, 5.41) is 0. The summed E-state index contributed by atoms with van der Waals surface area (Å²) in [7, 11) is 1.38. The monoisotopic (exact) mass is 337 g/mol. The number of benzene rings is 1. The molecule has 0 aliphatic heterocycles. The van der Waals surface area contributed by atoms with Gasteiger partial charge in [0, 0.05) is 6.20 Å². The second-order valence-electron chi connectivity index (χ2n) is 5.61. The van der Waals surface area contributed by atoms with Crippen molar-refractivity contribution in [1.82, 2.24) is 4.98 Å². The summed E-state index contributed by atoms with van der Waals surface area (Å²) in [6.45, 7) is 6.26. The summed E-state index contributed by atoms with van der Waals surface area (Å²) >= 11 is 0. The zero-order valence-electron chi connectivity index (χ0n) is 15.1. The van der Waals surface area contributed by atoms with Gasteiger partial charge in [0.25, 0.3) is 0 Å². The largest absolute Gasteiger partial charge is 0.488 e. The van der Waals surface area contributed by atoms with E-state index in [0.717, 1.165) is 28.2 Å². The molecule has 4 nitrogen and oxygen atoms in total. The minimum absolute atomic E-state index is 0.351. The highest BCUT2D eigenvalue weighted by atomic mass is 16.5. The Morgan fingerprint density at radius 1 is 1.16 bits per heavy atom. The molecule has 2 rings (SSSR count). The van der Waals surface area contributed by atoms with Crippen LogP contribution < -0.4 is 0 Å². The molecule has 2 aromatic rings. The molecule has 4 heteroatoms. The number of pyridine rings is 1. The molecule has 25 heavy (non-hydrogen) atoms. The molecule has 0 fully saturated rings. The van der Waals surface area contributed by atoms with Gasteiger partial charge in [-0.3, -0.25) is 4.98 Å². The number of carbonyl (C=O) groups is 1. The first-order chi connectivity index (χ1) is 12.1. The predicted octanol–water partition coefficient (Wildman–Crippen LogP) is 4.70. The number of hydrogen-bond acceptors (Lipinski definition) is 4. The summed E-state index contributed by atoms with van der Waals surface area (Å²) in [4.78, 5) is 16.3. The number of aryl methyl sites for hydroxylation is 1. The number of esters is 1. The van der Waals surface area contributed by atoms with Gasteiger partial charge in [0.1, 0.15) is 12.4 Å². The molecule has 0 amide bonds. The molecule has 0 bridgehead atoms. The van der Waals surface area contributed by atoms with Crippen LogP contribution in [0.15, 0.2) is 60.5 Å². The molecule has 0 saturated carbocycles. The molecular formula is C21H23NO3. The Balaban J connectivity index is 2.20. The van der Waals surface area contributed by atoms with Crippen LogP contribution in [0.1, 0.15) is 41.0 Å². The van der Waals surface area contributed by atoms with E-state index in [0.29, 0.717) is 12.2 Å². The first-order valence-electron chi connectivity index (χ1n) is 8.12. The Kier molecular flexibility index (Phi) is 6.52. The quantitative estimate of drug-likeness (QED) is 0.435. The lowest BCUT2D eigenvalue weighted by Crippen LogP contribution is -2.05. The molecule has 1 aromatic heterocycles. The number of rotatable bonds is 6. The third-order valence-electron chi connectivity index (χ3n) is 3.89. The number of aromatic nitrogens is 1. The van der Waals surface area contributed by atoms with Gasteiger partial charge in [-0.05, 0) is 61.8 Å². The highest BCUT2D eigenvalue weighted by Crippen LogP contribution is 2.22. The minimum atomic E-state index is -0.351. The molecule has 1 aromatic carbocycles. The molecule has 130 valence electrons. The van der Waals surface area contributed by atoms with Gasteiger partial charge in [0.15, 0.2) is 0 Å². The van der Waals surface area contributed by atoms with Crippen LogP contribution in [0.3, 0.4) is 0 Å². The summed E-state index contributed by atoms with van der Waals surface area (Å²) in [5.74, 6) is 0.373. The standard InChI is InChI=1S/C21H23NO3/c1-5-17(25-14-20-15(2)9-8-12-22-20)13-16(3)18-10-6-7-11-19(18)21(23)24-4/h5-13H,14H2,1-4H3/b16-13+,17-5+. The molecule has 0 saturated heterocycles. The van der Waals surface area contributed by atoms with Crippen molar-refractivity contribution in [3.05, 3.63) is 82.9 Å². The van der Waals surface area contributed by atoms with Gasteiger partial charge >= 0.3 is 5.97 Å². The van der Waals surface area contributed by atoms with E-state index in [4.69, 9.17) is 9.47 Å². The fraction of sp³-hybridized carbons (Fsp3) is 0.238. The zero-order valence-corrected chi connectivity index (χ0v) is 15.1. The average molecular weight is 337 g/mol. The number of ether oxygens (including phenoxy) is 2. The Labute approximate surface area is 148 Å². The van der Waals surface area contributed by atoms with Crippen molar-refractivity contribution in [2.45, 2.75) is 27.4 Å². The highest BCUT2D eigenvalue weighted by Gasteiger charge is 2.12. The molecule has 0 spiro atoms. The SMILES string of the molecule is C/C=C(\C=C(/C)c1ccccc1C(=O)OC)OCc1ncccc1C. The van der Waals surface area contributed by atoms with Crippen LogP contribution in [0, 0.1) is 6.92 Å². The fourth-order valence-electron chi connectivity index (χ4n) is 2.44. The van der Waals surface area contributed by atoms with E-state index in [9.17, 15) is 4.79 Å². The smallest absolute Gasteiger partial charge is 0.338 e. The molecule has 0 radical (unpaired) electrons. The Hall–Kier alpha value is -2.88. The molecule has 1 heterocycles. The maximum absolute atomic E-state index is 11.9. The van der Waals surface area contributed by atoms with Gasteiger partial charge in [-0.2, -0.15) is 0 Å². The van der Waals surface area contributed by atoms with Gasteiger partial charge in [-0.1, -0.05) is 24.3 Å². The van der Waals surface area contributed by atoms with Crippen molar-refractivity contribution in [2.75, 3.05) is 7.11 Å². The second kappa shape index (κ2) is 8.83. The van der Waals surface area contributed by atoms with Crippen molar-refractivity contribution in [3.63, 3.8) is 0 Å². The Morgan fingerprint density at radius 2 is 1.88 bits per heavy atom. The summed E-state index contributed by atoms with van der Waals surface area (Å²) in [6, 6.07) is 11.3. The lowest BCUT2D eigenvalue weighted by atomic mass is 10.0. The maximum Gasteiger partial charge on any atom is 0.338 e. The first-order valence-corrected chi connectivity index (χ1v) is 8.12. The average Bonchev–Trinajstić information content (AvgIpc) is 2.65. The van der Waals surface area contributed by atoms with Crippen LogP contribution >= 0.6 is 0 Å². The van der Waals surface area contributed by atoms with E-state index in [1.807, 2.05) is 63.3 Å². The van der Waals surface area contributed by atoms with E-state index in [-0.39, 0.29) is 5.97 Å².